The molecular weight excluding hydrogens is 226 g/mol. The standard InChI is InChI=1S/C15H19NO2/c1-15(2,3)18-14(17)11-13-8-6-12(7-9-13)5-4-10-16/h6-9H,4-5,11H2,1-3H3. The zero-order chi connectivity index (χ0) is 13.6. The van der Waals surface area contributed by atoms with E-state index in [9.17, 15) is 4.79 Å². The van der Waals surface area contributed by atoms with Gasteiger partial charge in [0, 0.05) is 6.42 Å². The molecule has 18 heavy (non-hydrogen) atoms. The molecule has 0 aliphatic rings. The van der Waals surface area contributed by atoms with E-state index in [2.05, 4.69) is 6.07 Å². The monoisotopic (exact) mass is 245 g/mol. The van der Waals surface area contributed by atoms with Crippen molar-refractivity contribution in [3.63, 3.8) is 0 Å². The molecule has 3 nitrogen and oxygen atoms in total. The van der Waals surface area contributed by atoms with Crippen LogP contribution in [0.25, 0.3) is 0 Å². The molecule has 0 N–H and O–H groups in total. The molecule has 0 saturated heterocycles. The van der Waals surface area contributed by atoms with E-state index in [0.717, 1.165) is 17.5 Å². The van der Waals surface area contributed by atoms with E-state index in [1.165, 1.54) is 0 Å². The number of esters is 1. The Labute approximate surface area is 108 Å². The van der Waals surface area contributed by atoms with Crippen LogP contribution in [0.1, 0.15) is 38.3 Å². The maximum atomic E-state index is 11.6. The van der Waals surface area contributed by atoms with Crippen molar-refractivity contribution in [2.75, 3.05) is 0 Å². The third-order valence-electron chi connectivity index (χ3n) is 2.32. The fourth-order valence-corrected chi connectivity index (χ4v) is 1.57. The summed E-state index contributed by atoms with van der Waals surface area (Å²) in [5.41, 5.74) is 1.61. The van der Waals surface area contributed by atoms with E-state index in [1.54, 1.807) is 0 Å². The van der Waals surface area contributed by atoms with Gasteiger partial charge in [-0.3, -0.25) is 4.79 Å². The first-order chi connectivity index (χ1) is 8.40. The molecule has 3 heteroatoms. The molecule has 1 aromatic rings. The molecule has 0 atom stereocenters. The largest absolute Gasteiger partial charge is 0.460 e. The summed E-state index contributed by atoms with van der Waals surface area (Å²) in [7, 11) is 0. The third-order valence-corrected chi connectivity index (χ3v) is 2.32. The summed E-state index contributed by atoms with van der Waals surface area (Å²) in [6, 6.07) is 9.85. The smallest absolute Gasteiger partial charge is 0.310 e. The van der Waals surface area contributed by atoms with Gasteiger partial charge in [-0.25, -0.2) is 0 Å². The number of benzene rings is 1. The van der Waals surface area contributed by atoms with E-state index in [4.69, 9.17) is 10.00 Å². The number of aryl methyl sites for hydroxylation is 1. The van der Waals surface area contributed by atoms with Gasteiger partial charge in [-0.15, -0.1) is 0 Å². The molecule has 1 rings (SSSR count). The highest BCUT2D eigenvalue weighted by Gasteiger charge is 2.16. The molecule has 0 bridgehead atoms. The van der Waals surface area contributed by atoms with Gasteiger partial charge in [0.05, 0.1) is 12.5 Å². The Hall–Kier alpha value is -1.82. The van der Waals surface area contributed by atoms with Gasteiger partial charge in [-0.05, 0) is 38.3 Å². The van der Waals surface area contributed by atoms with E-state index in [0.29, 0.717) is 6.42 Å². The molecule has 0 radical (unpaired) electrons. The zero-order valence-corrected chi connectivity index (χ0v) is 11.2. The normalized spacial score (nSPS) is 10.8. The van der Waals surface area contributed by atoms with Crippen LogP contribution in [0.3, 0.4) is 0 Å². The number of nitriles is 1. The number of hydrogen-bond donors (Lipinski definition) is 0. The Kier molecular flexibility index (Phi) is 4.91. The lowest BCUT2D eigenvalue weighted by Crippen LogP contribution is -2.24. The quantitative estimate of drug-likeness (QED) is 0.766. The predicted molar refractivity (Wildman–Crippen MR) is 69.9 cm³/mol. The molecule has 96 valence electrons. The zero-order valence-electron chi connectivity index (χ0n) is 11.2. The van der Waals surface area contributed by atoms with Gasteiger partial charge < -0.3 is 4.74 Å². The van der Waals surface area contributed by atoms with Crippen LogP contribution in [-0.2, 0) is 22.4 Å². The molecule has 0 heterocycles. The molecule has 0 aliphatic carbocycles. The second-order valence-corrected chi connectivity index (χ2v) is 5.24. The van der Waals surface area contributed by atoms with Gasteiger partial charge >= 0.3 is 5.97 Å². The number of hydrogen-bond acceptors (Lipinski definition) is 3. The first-order valence-corrected chi connectivity index (χ1v) is 6.07. The number of carbonyl (C=O) groups excluding carboxylic acids is 1. The maximum absolute atomic E-state index is 11.6. The fraction of sp³-hybridized carbons (Fsp3) is 0.467. The van der Waals surface area contributed by atoms with E-state index in [-0.39, 0.29) is 12.4 Å². The molecular formula is C15H19NO2. The summed E-state index contributed by atoms with van der Waals surface area (Å²) in [5.74, 6) is -0.215. The second kappa shape index (κ2) is 6.20. The minimum atomic E-state index is -0.441. The molecule has 1 aromatic carbocycles. The van der Waals surface area contributed by atoms with Gasteiger partial charge in [0.15, 0.2) is 0 Å². The lowest BCUT2D eigenvalue weighted by atomic mass is 10.1. The van der Waals surface area contributed by atoms with Crippen molar-refractivity contribution in [2.45, 2.75) is 45.6 Å². The van der Waals surface area contributed by atoms with Gasteiger partial charge in [0.1, 0.15) is 5.60 Å². The molecule has 0 spiro atoms. The van der Waals surface area contributed by atoms with Crippen molar-refractivity contribution in [3.05, 3.63) is 35.4 Å². The van der Waals surface area contributed by atoms with Crippen LogP contribution in [0.4, 0.5) is 0 Å². The van der Waals surface area contributed by atoms with Crippen LogP contribution in [0, 0.1) is 11.3 Å². The van der Waals surface area contributed by atoms with Gasteiger partial charge in [0.25, 0.3) is 0 Å². The van der Waals surface area contributed by atoms with Gasteiger partial charge in [0.2, 0.25) is 0 Å². The van der Waals surface area contributed by atoms with Crippen molar-refractivity contribution >= 4 is 5.97 Å². The van der Waals surface area contributed by atoms with Crippen molar-refractivity contribution in [1.82, 2.24) is 0 Å². The van der Waals surface area contributed by atoms with Crippen LogP contribution >= 0.6 is 0 Å². The minimum absolute atomic E-state index is 0.215. The Morgan fingerprint density at radius 2 is 1.78 bits per heavy atom. The summed E-state index contributed by atoms with van der Waals surface area (Å²) in [4.78, 5) is 11.6. The summed E-state index contributed by atoms with van der Waals surface area (Å²) < 4.78 is 5.25. The SMILES string of the molecule is CC(C)(C)OC(=O)Cc1ccc(CCC#N)cc1. The van der Waals surface area contributed by atoms with Crippen LogP contribution in [0.15, 0.2) is 24.3 Å². The van der Waals surface area contributed by atoms with Crippen LogP contribution in [0.2, 0.25) is 0 Å². The van der Waals surface area contributed by atoms with Crippen LogP contribution < -0.4 is 0 Å². The van der Waals surface area contributed by atoms with E-state index < -0.39 is 5.60 Å². The molecule has 0 aliphatic heterocycles. The highest BCUT2D eigenvalue weighted by Crippen LogP contribution is 2.11. The van der Waals surface area contributed by atoms with Crippen molar-refractivity contribution < 1.29 is 9.53 Å². The molecule has 0 unspecified atom stereocenters. The average Bonchev–Trinajstić information content (AvgIpc) is 2.25. The number of carbonyl (C=O) groups is 1. The number of ether oxygens (including phenoxy) is 1. The summed E-state index contributed by atoms with van der Waals surface area (Å²) in [6.07, 6.45) is 1.56. The Bertz CT molecular complexity index is 435. The first-order valence-electron chi connectivity index (χ1n) is 6.07. The summed E-state index contributed by atoms with van der Waals surface area (Å²) in [6.45, 7) is 5.57. The lowest BCUT2D eigenvalue weighted by molar-refractivity contribution is -0.153. The Morgan fingerprint density at radius 3 is 2.28 bits per heavy atom. The number of nitrogens with zero attached hydrogens (tertiary/aromatic N) is 1. The van der Waals surface area contributed by atoms with Crippen molar-refractivity contribution in [3.8, 4) is 6.07 Å². The molecule has 0 fully saturated rings. The van der Waals surface area contributed by atoms with Crippen LogP contribution in [0.5, 0.6) is 0 Å². The van der Waals surface area contributed by atoms with Crippen LogP contribution in [-0.4, -0.2) is 11.6 Å². The topological polar surface area (TPSA) is 50.1 Å². The second-order valence-electron chi connectivity index (χ2n) is 5.24. The first kappa shape index (κ1) is 14.2. The lowest BCUT2D eigenvalue weighted by Gasteiger charge is -2.19. The maximum Gasteiger partial charge on any atom is 0.310 e. The highest BCUT2D eigenvalue weighted by atomic mass is 16.6. The molecule has 0 amide bonds. The summed E-state index contributed by atoms with van der Waals surface area (Å²) >= 11 is 0. The third kappa shape index (κ3) is 5.49. The average molecular weight is 245 g/mol. The number of rotatable bonds is 4. The highest BCUT2D eigenvalue weighted by molar-refractivity contribution is 5.73. The van der Waals surface area contributed by atoms with Crippen molar-refractivity contribution in [2.24, 2.45) is 0 Å². The predicted octanol–water partition coefficient (Wildman–Crippen LogP) is 3.03. The molecule has 0 saturated carbocycles. The van der Waals surface area contributed by atoms with Crippen molar-refractivity contribution in [1.29, 1.82) is 5.26 Å². The fourth-order valence-electron chi connectivity index (χ4n) is 1.57. The van der Waals surface area contributed by atoms with Gasteiger partial charge in [-0.1, -0.05) is 24.3 Å². The van der Waals surface area contributed by atoms with E-state index in [1.807, 2.05) is 45.0 Å². The molecule has 0 aromatic heterocycles. The summed E-state index contributed by atoms with van der Waals surface area (Å²) in [5, 5.41) is 8.50. The van der Waals surface area contributed by atoms with E-state index >= 15 is 0 Å². The Balaban J connectivity index is 2.54. The van der Waals surface area contributed by atoms with Gasteiger partial charge in [-0.2, -0.15) is 5.26 Å². The minimum Gasteiger partial charge on any atom is -0.460 e. The Morgan fingerprint density at radius 1 is 1.22 bits per heavy atom.